The lowest BCUT2D eigenvalue weighted by Crippen LogP contribution is -2.47. The third kappa shape index (κ3) is 8.64. The number of carbonyl (C=O) groups is 2. The van der Waals surface area contributed by atoms with E-state index in [1.54, 1.807) is 0 Å². The van der Waals surface area contributed by atoms with Crippen molar-refractivity contribution in [3.63, 3.8) is 0 Å². The minimum absolute atomic E-state index is 0.0140. The number of hydrogen-bond acceptors (Lipinski definition) is 8. The molecule has 0 saturated carbocycles. The molecule has 2 aliphatic rings. The van der Waals surface area contributed by atoms with Crippen molar-refractivity contribution < 1.29 is 34.0 Å². The summed E-state index contributed by atoms with van der Waals surface area (Å²) in [6.45, 7) is 2.43. The Bertz CT molecular complexity index is 1350. The standard InChI is InChI=1S/C34H41N3O7/c1-42-32(40)30(17-23-5-3-2-4-6-23)36-34(41)35-19-24-7-13-27(14-8-24)33-43-29(21-37-16-15-28(39)20-37)18-31(44-33)26-11-9-25(22-38)10-12-26/h2-14,28-31,33,38-39H,15-22H2,1H3,(H2,35,36,41). The molecule has 5 atom stereocenters. The van der Waals surface area contributed by atoms with E-state index in [0.717, 1.165) is 40.8 Å². The molecule has 3 aromatic rings. The number of ether oxygens (including phenoxy) is 3. The molecule has 0 aromatic heterocycles. The molecule has 2 fully saturated rings. The third-order valence-electron chi connectivity index (χ3n) is 8.10. The van der Waals surface area contributed by atoms with E-state index in [-0.39, 0.29) is 31.5 Å². The van der Waals surface area contributed by atoms with Gasteiger partial charge in [0.05, 0.1) is 32.0 Å². The van der Waals surface area contributed by atoms with Crippen LogP contribution in [0.1, 0.15) is 53.1 Å². The first kappa shape index (κ1) is 31.6. The van der Waals surface area contributed by atoms with Crippen LogP contribution in [0, 0.1) is 0 Å². The van der Waals surface area contributed by atoms with Gasteiger partial charge < -0.3 is 35.1 Å². The second-order valence-electron chi connectivity index (χ2n) is 11.4. The van der Waals surface area contributed by atoms with E-state index in [1.165, 1.54) is 7.11 Å². The molecule has 5 rings (SSSR count). The van der Waals surface area contributed by atoms with Crippen molar-refractivity contribution in [3.8, 4) is 0 Å². The number of likely N-dealkylation sites (tertiary alicyclic amines) is 1. The summed E-state index contributed by atoms with van der Waals surface area (Å²) in [5.74, 6) is -0.511. The van der Waals surface area contributed by atoms with Crippen LogP contribution in [-0.2, 0) is 38.6 Å². The highest BCUT2D eigenvalue weighted by atomic mass is 16.7. The van der Waals surface area contributed by atoms with Gasteiger partial charge >= 0.3 is 12.0 Å². The maximum absolute atomic E-state index is 12.7. The lowest BCUT2D eigenvalue weighted by molar-refractivity contribution is -0.252. The number of carbonyl (C=O) groups excluding carboxylic acids is 2. The number of aliphatic hydroxyl groups is 2. The van der Waals surface area contributed by atoms with Gasteiger partial charge in [-0.3, -0.25) is 4.90 Å². The number of benzene rings is 3. The fraction of sp³-hybridized carbons (Fsp3) is 0.412. The number of methoxy groups -OCH3 is 1. The van der Waals surface area contributed by atoms with Crippen LogP contribution in [0.2, 0.25) is 0 Å². The summed E-state index contributed by atoms with van der Waals surface area (Å²) in [7, 11) is 1.30. The third-order valence-corrected chi connectivity index (χ3v) is 8.10. The normalized spacial score (nSPS) is 22.7. The molecule has 2 amide bonds. The highest BCUT2D eigenvalue weighted by Gasteiger charge is 2.34. The Morgan fingerprint density at radius 2 is 1.66 bits per heavy atom. The Balaban J connectivity index is 1.20. The first-order chi connectivity index (χ1) is 21.4. The molecule has 10 heteroatoms. The summed E-state index contributed by atoms with van der Waals surface area (Å²) in [5, 5.41) is 25.0. The van der Waals surface area contributed by atoms with Crippen LogP contribution in [0.15, 0.2) is 78.9 Å². The number of urea groups is 1. The minimum Gasteiger partial charge on any atom is -0.467 e. The van der Waals surface area contributed by atoms with E-state index in [1.807, 2.05) is 78.9 Å². The minimum atomic E-state index is -0.810. The summed E-state index contributed by atoms with van der Waals surface area (Å²) in [6, 6.07) is 23.6. The fourth-order valence-electron chi connectivity index (χ4n) is 5.67. The van der Waals surface area contributed by atoms with E-state index in [4.69, 9.17) is 14.2 Å². The van der Waals surface area contributed by atoms with Gasteiger partial charge in [-0.05, 0) is 28.7 Å². The van der Waals surface area contributed by atoms with Crippen molar-refractivity contribution in [2.24, 2.45) is 0 Å². The molecule has 0 aliphatic carbocycles. The lowest BCUT2D eigenvalue weighted by atomic mass is 9.99. The quantitative estimate of drug-likeness (QED) is 0.246. The number of aliphatic hydroxyl groups excluding tert-OH is 2. The van der Waals surface area contributed by atoms with Crippen LogP contribution in [0.3, 0.4) is 0 Å². The van der Waals surface area contributed by atoms with Gasteiger partial charge in [-0.2, -0.15) is 0 Å². The zero-order chi connectivity index (χ0) is 30.9. The van der Waals surface area contributed by atoms with Crippen molar-refractivity contribution in [2.75, 3.05) is 26.7 Å². The van der Waals surface area contributed by atoms with E-state index < -0.39 is 24.3 Å². The summed E-state index contributed by atoms with van der Waals surface area (Å²) in [5.41, 5.74) is 4.50. The summed E-state index contributed by atoms with van der Waals surface area (Å²) >= 11 is 0. The Labute approximate surface area is 257 Å². The van der Waals surface area contributed by atoms with Crippen LogP contribution >= 0.6 is 0 Å². The molecule has 2 aliphatic heterocycles. The largest absolute Gasteiger partial charge is 0.467 e. The zero-order valence-corrected chi connectivity index (χ0v) is 24.9. The molecular formula is C34H41N3O7. The van der Waals surface area contributed by atoms with Gasteiger partial charge in [0.15, 0.2) is 6.29 Å². The highest BCUT2D eigenvalue weighted by molar-refractivity contribution is 5.83. The number of rotatable bonds is 11. The predicted octanol–water partition coefficient (Wildman–Crippen LogP) is 3.37. The topological polar surface area (TPSA) is 130 Å². The zero-order valence-electron chi connectivity index (χ0n) is 24.9. The lowest BCUT2D eigenvalue weighted by Gasteiger charge is -2.37. The first-order valence-corrected chi connectivity index (χ1v) is 15.1. The molecule has 2 heterocycles. The Morgan fingerprint density at radius 3 is 2.32 bits per heavy atom. The molecular weight excluding hydrogens is 562 g/mol. The summed E-state index contributed by atoms with van der Waals surface area (Å²) < 4.78 is 17.7. The van der Waals surface area contributed by atoms with E-state index >= 15 is 0 Å². The number of nitrogens with zero attached hydrogens (tertiary/aromatic N) is 1. The highest BCUT2D eigenvalue weighted by Crippen LogP contribution is 2.38. The average Bonchev–Trinajstić information content (AvgIpc) is 3.47. The summed E-state index contributed by atoms with van der Waals surface area (Å²) in [4.78, 5) is 27.2. The molecule has 5 unspecified atom stereocenters. The van der Waals surface area contributed by atoms with Crippen molar-refractivity contribution >= 4 is 12.0 Å². The number of amides is 2. The van der Waals surface area contributed by atoms with E-state index in [9.17, 15) is 19.8 Å². The molecule has 0 spiro atoms. The van der Waals surface area contributed by atoms with Gasteiger partial charge in [0.25, 0.3) is 0 Å². The maximum atomic E-state index is 12.7. The molecule has 2 saturated heterocycles. The van der Waals surface area contributed by atoms with E-state index in [2.05, 4.69) is 15.5 Å². The average molecular weight is 604 g/mol. The predicted molar refractivity (Wildman–Crippen MR) is 163 cm³/mol. The Morgan fingerprint density at radius 1 is 0.955 bits per heavy atom. The summed E-state index contributed by atoms with van der Waals surface area (Å²) in [6.07, 6.45) is 0.591. The monoisotopic (exact) mass is 603 g/mol. The maximum Gasteiger partial charge on any atom is 0.328 e. The first-order valence-electron chi connectivity index (χ1n) is 15.1. The molecule has 0 bridgehead atoms. The van der Waals surface area contributed by atoms with Gasteiger partial charge in [0.1, 0.15) is 6.04 Å². The van der Waals surface area contributed by atoms with Crippen LogP contribution in [-0.4, -0.2) is 72.1 Å². The van der Waals surface area contributed by atoms with Gasteiger partial charge in [0, 0.05) is 44.6 Å². The molecule has 10 nitrogen and oxygen atoms in total. The number of esters is 1. The van der Waals surface area contributed by atoms with Crippen LogP contribution in [0.25, 0.3) is 0 Å². The smallest absolute Gasteiger partial charge is 0.328 e. The molecule has 0 radical (unpaired) electrons. The van der Waals surface area contributed by atoms with Crippen LogP contribution in [0.5, 0.6) is 0 Å². The van der Waals surface area contributed by atoms with Crippen molar-refractivity contribution in [1.82, 2.24) is 15.5 Å². The van der Waals surface area contributed by atoms with Gasteiger partial charge in [-0.25, -0.2) is 9.59 Å². The Hall–Kier alpha value is -3.80. The fourth-order valence-corrected chi connectivity index (χ4v) is 5.67. The van der Waals surface area contributed by atoms with Crippen molar-refractivity contribution in [1.29, 1.82) is 0 Å². The van der Waals surface area contributed by atoms with Crippen molar-refractivity contribution in [2.45, 2.75) is 63.1 Å². The number of hydrogen-bond donors (Lipinski definition) is 4. The molecule has 3 aromatic carbocycles. The number of β-amino-alcohol motifs (C(OH)–C–C–N with tert-alkyl or cyclic N) is 1. The molecule has 4 N–H and O–H groups in total. The van der Waals surface area contributed by atoms with Gasteiger partial charge in [-0.1, -0.05) is 78.9 Å². The van der Waals surface area contributed by atoms with Gasteiger partial charge in [0.2, 0.25) is 0 Å². The van der Waals surface area contributed by atoms with E-state index in [0.29, 0.717) is 25.9 Å². The second kappa shape index (κ2) is 15.3. The van der Waals surface area contributed by atoms with Crippen molar-refractivity contribution in [3.05, 3.63) is 107 Å². The number of nitrogens with one attached hydrogen (secondary N) is 2. The Kier molecular flexibility index (Phi) is 11.0. The molecule has 234 valence electrons. The second-order valence-corrected chi connectivity index (χ2v) is 11.4. The molecule has 44 heavy (non-hydrogen) atoms. The SMILES string of the molecule is COC(=O)C(Cc1ccccc1)NC(=O)NCc1ccc(C2OC(CN3CCC(O)C3)CC(c3ccc(CO)cc3)O2)cc1. The van der Waals surface area contributed by atoms with Crippen LogP contribution < -0.4 is 10.6 Å². The van der Waals surface area contributed by atoms with Crippen LogP contribution in [0.4, 0.5) is 4.79 Å². The van der Waals surface area contributed by atoms with Gasteiger partial charge in [-0.15, -0.1) is 0 Å².